The van der Waals surface area contributed by atoms with Gasteiger partial charge in [0, 0.05) is 43.2 Å². The van der Waals surface area contributed by atoms with Gasteiger partial charge in [0.05, 0.1) is 10.7 Å². The molecule has 4 nitrogen and oxygen atoms in total. The van der Waals surface area contributed by atoms with Gasteiger partial charge < -0.3 is 11.1 Å². The van der Waals surface area contributed by atoms with Gasteiger partial charge in [-0.05, 0) is 18.2 Å². The molecule has 1 saturated heterocycles. The monoisotopic (exact) mass is 299 g/mol. The van der Waals surface area contributed by atoms with E-state index in [2.05, 4.69) is 10.2 Å². The summed E-state index contributed by atoms with van der Waals surface area (Å²) in [5, 5.41) is 3.38. The lowest BCUT2D eigenvalue weighted by molar-refractivity contribution is 0.0949. The molecule has 0 aliphatic carbocycles. The molecule has 3 N–H and O–H groups in total. The Balaban J connectivity index is 1.78. The summed E-state index contributed by atoms with van der Waals surface area (Å²) >= 11 is 7.81. The van der Waals surface area contributed by atoms with Crippen LogP contribution in [0.15, 0.2) is 18.2 Å². The second-order valence-electron chi connectivity index (χ2n) is 4.45. The van der Waals surface area contributed by atoms with Gasteiger partial charge in [0.2, 0.25) is 0 Å². The molecule has 19 heavy (non-hydrogen) atoms. The molecule has 0 saturated carbocycles. The van der Waals surface area contributed by atoms with Gasteiger partial charge in [-0.3, -0.25) is 9.69 Å². The zero-order valence-electron chi connectivity index (χ0n) is 10.7. The third-order valence-electron chi connectivity index (χ3n) is 3.08. The quantitative estimate of drug-likeness (QED) is 0.831. The first-order chi connectivity index (χ1) is 9.16. The highest BCUT2D eigenvalue weighted by molar-refractivity contribution is 7.99. The van der Waals surface area contributed by atoms with Crippen molar-refractivity contribution < 1.29 is 4.79 Å². The van der Waals surface area contributed by atoms with Gasteiger partial charge in [-0.2, -0.15) is 11.8 Å². The van der Waals surface area contributed by atoms with Crippen LogP contribution in [0.25, 0.3) is 0 Å². The lowest BCUT2D eigenvalue weighted by Gasteiger charge is -2.26. The average molecular weight is 300 g/mol. The first-order valence-electron chi connectivity index (χ1n) is 6.30. The van der Waals surface area contributed by atoms with E-state index in [-0.39, 0.29) is 5.91 Å². The van der Waals surface area contributed by atoms with E-state index in [0.29, 0.717) is 22.8 Å². The molecule has 0 spiro atoms. The highest BCUT2D eigenvalue weighted by atomic mass is 35.5. The van der Waals surface area contributed by atoms with Crippen molar-refractivity contribution in [3.63, 3.8) is 0 Å². The van der Waals surface area contributed by atoms with Gasteiger partial charge in [0.15, 0.2) is 0 Å². The second kappa shape index (κ2) is 7.03. The molecular formula is C13H18ClN3OS. The van der Waals surface area contributed by atoms with E-state index in [4.69, 9.17) is 17.3 Å². The Kier molecular flexibility index (Phi) is 5.36. The Morgan fingerprint density at radius 3 is 2.84 bits per heavy atom. The fraction of sp³-hybridized carbons (Fsp3) is 0.462. The first-order valence-corrected chi connectivity index (χ1v) is 7.83. The van der Waals surface area contributed by atoms with Gasteiger partial charge in [-0.15, -0.1) is 0 Å². The second-order valence-corrected chi connectivity index (χ2v) is 6.08. The van der Waals surface area contributed by atoms with Crippen LogP contribution in [0.3, 0.4) is 0 Å². The number of halogens is 1. The van der Waals surface area contributed by atoms with Crippen molar-refractivity contribution in [2.24, 2.45) is 0 Å². The predicted octanol–water partition coefficient (Wildman–Crippen LogP) is 1.70. The van der Waals surface area contributed by atoms with E-state index >= 15 is 0 Å². The zero-order valence-corrected chi connectivity index (χ0v) is 12.3. The molecule has 0 bridgehead atoms. The highest BCUT2D eigenvalue weighted by Gasteiger charge is 2.11. The van der Waals surface area contributed by atoms with E-state index in [1.54, 1.807) is 18.2 Å². The van der Waals surface area contributed by atoms with Crippen LogP contribution in [0.5, 0.6) is 0 Å². The van der Waals surface area contributed by atoms with Crippen molar-refractivity contribution in [2.45, 2.75) is 0 Å². The zero-order chi connectivity index (χ0) is 13.7. The molecule has 1 aliphatic rings. The number of anilines is 1. The number of hydrogen-bond donors (Lipinski definition) is 2. The number of nitrogens with two attached hydrogens (primary N) is 1. The number of thioether (sulfide) groups is 1. The molecule has 2 rings (SSSR count). The van der Waals surface area contributed by atoms with Crippen LogP contribution in [0.1, 0.15) is 10.4 Å². The maximum absolute atomic E-state index is 11.9. The van der Waals surface area contributed by atoms with Crippen LogP contribution >= 0.6 is 23.4 Å². The standard InChI is InChI=1S/C13H18ClN3OS/c14-11-2-1-10(9-12(11)15)13(18)16-3-4-17-5-7-19-8-6-17/h1-2,9H,3-8,15H2,(H,16,18). The average Bonchev–Trinajstić information content (AvgIpc) is 2.43. The fourth-order valence-electron chi connectivity index (χ4n) is 1.94. The van der Waals surface area contributed by atoms with Crippen LogP contribution in [0, 0.1) is 0 Å². The van der Waals surface area contributed by atoms with Crippen molar-refractivity contribution in [3.05, 3.63) is 28.8 Å². The molecule has 1 heterocycles. The lowest BCUT2D eigenvalue weighted by atomic mass is 10.2. The van der Waals surface area contributed by atoms with Crippen molar-refractivity contribution in [2.75, 3.05) is 43.4 Å². The first kappa shape index (κ1) is 14.5. The number of benzene rings is 1. The van der Waals surface area contributed by atoms with E-state index in [1.807, 2.05) is 11.8 Å². The minimum atomic E-state index is -0.102. The lowest BCUT2D eigenvalue weighted by Crippen LogP contribution is -2.39. The topological polar surface area (TPSA) is 58.4 Å². The maximum atomic E-state index is 11.9. The smallest absolute Gasteiger partial charge is 0.251 e. The number of carbonyl (C=O) groups excluding carboxylic acids is 1. The van der Waals surface area contributed by atoms with Crippen LogP contribution in [-0.4, -0.2) is 48.5 Å². The van der Waals surface area contributed by atoms with Gasteiger partial charge in [0.1, 0.15) is 0 Å². The van der Waals surface area contributed by atoms with Crippen LogP contribution < -0.4 is 11.1 Å². The number of nitrogens with one attached hydrogen (secondary N) is 1. The number of amides is 1. The van der Waals surface area contributed by atoms with Crippen molar-refractivity contribution in [1.29, 1.82) is 0 Å². The van der Waals surface area contributed by atoms with E-state index in [0.717, 1.165) is 19.6 Å². The summed E-state index contributed by atoms with van der Waals surface area (Å²) in [5.74, 6) is 2.26. The number of carbonyl (C=O) groups is 1. The van der Waals surface area contributed by atoms with Gasteiger partial charge in [-0.1, -0.05) is 11.6 Å². The molecule has 1 aromatic carbocycles. The van der Waals surface area contributed by atoms with Gasteiger partial charge >= 0.3 is 0 Å². The summed E-state index contributed by atoms with van der Waals surface area (Å²) in [6.45, 7) is 3.77. The SMILES string of the molecule is Nc1cc(C(=O)NCCN2CCSCC2)ccc1Cl. The Morgan fingerprint density at radius 1 is 1.42 bits per heavy atom. The predicted molar refractivity (Wildman–Crippen MR) is 82.0 cm³/mol. The van der Waals surface area contributed by atoms with Gasteiger partial charge in [-0.25, -0.2) is 0 Å². The molecule has 0 aromatic heterocycles. The van der Waals surface area contributed by atoms with E-state index in [9.17, 15) is 4.79 Å². The molecule has 104 valence electrons. The van der Waals surface area contributed by atoms with Gasteiger partial charge in [0.25, 0.3) is 5.91 Å². The molecule has 1 amide bonds. The Bertz CT molecular complexity index is 450. The summed E-state index contributed by atoms with van der Waals surface area (Å²) in [6.07, 6.45) is 0. The number of nitrogen functional groups attached to an aromatic ring is 1. The molecule has 1 aromatic rings. The molecule has 1 aliphatic heterocycles. The molecule has 0 unspecified atom stereocenters. The molecule has 0 atom stereocenters. The van der Waals surface area contributed by atoms with E-state index < -0.39 is 0 Å². The fourth-order valence-corrected chi connectivity index (χ4v) is 3.04. The summed E-state index contributed by atoms with van der Waals surface area (Å²) in [4.78, 5) is 14.3. The Hall–Kier alpha value is -0.910. The Labute approximate surface area is 122 Å². The van der Waals surface area contributed by atoms with Crippen LogP contribution in [0.4, 0.5) is 5.69 Å². The summed E-state index contributed by atoms with van der Waals surface area (Å²) in [6, 6.07) is 4.94. The normalized spacial score (nSPS) is 16.3. The highest BCUT2D eigenvalue weighted by Crippen LogP contribution is 2.19. The number of nitrogens with zero attached hydrogens (tertiary/aromatic N) is 1. The molecule has 1 fully saturated rings. The largest absolute Gasteiger partial charge is 0.398 e. The molecule has 0 radical (unpaired) electrons. The molecule has 6 heteroatoms. The number of hydrogen-bond acceptors (Lipinski definition) is 4. The number of rotatable bonds is 4. The van der Waals surface area contributed by atoms with Crippen molar-refractivity contribution in [3.8, 4) is 0 Å². The summed E-state index contributed by atoms with van der Waals surface area (Å²) in [7, 11) is 0. The van der Waals surface area contributed by atoms with Crippen molar-refractivity contribution >= 4 is 35.0 Å². The van der Waals surface area contributed by atoms with Crippen LogP contribution in [0.2, 0.25) is 5.02 Å². The third kappa shape index (κ3) is 4.30. The van der Waals surface area contributed by atoms with Crippen molar-refractivity contribution in [1.82, 2.24) is 10.2 Å². The minimum Gasteiger partial charge on any atom is -0.398 e. The summed E-state index contributed by atoms with van der Waals surface area (Å²) in [5.41, 5.74) is 6.67. The Morgan fingerprint density at radius 2 is 2.16 bits per heavy atom. The minimum absolute atomic E-state index is 0.102. The third-order valence-corrected chi connectivity index (χ3v) is 4.36. The van der Waals surface area contributed by atoms with E-state index in [1.165, 1.54) is 11.5 Å². The molecular weight excluding hydrogens is 282 g/mol. The van der Waals surface area contributed by atoms with Crippen LogP contribution in [-0.2, 0) is 0 Å². The maximum Gasteiger partial charge on any atom is 0.251 e. The summed E-state index contributed by atoms with van der Waals surface area (Å²) < 4.78 is 0.